The molecule has 0 unspecified atom stereocenters. The van der Waals surface area contributed by atoms with Crippen molar-refractivity contribution < 1.29 is 49.2 Å². The van der Waals surface area contributed by atoms with E-state index in [0.717, 1.165) is 12.0 Å². The van der Waals surface area contributed by atoms with Crippen LogP contribution in [0, 0.1) is 5.41 Å². The Morgan fingerprint density at radius 3 is 1.75 bits per heavy atom. The summed E-state index contributed by atoms with van der Waals surface area (Å²) in [4.78, 5) is 112. The summed E-state index contributed by atoms with van der Waals surface area (Å²) < 4.78 is 0. The molecule has 0 spiro atoms. The van der Waals surface area contributed by atoms with E-state index in [-0.39, 0.29) is 72.0 Å². The third-order valence-electron chi connectivity index (χ3n) is 10.8. The molecular weight excluding hydrogens is 883 g/mol. The number of aliphatic carboxylic acids is 4. The van der Waals surface area contributed by atoms with Crippen molar-refractivity contribution in [2.24, 2.45) is 0 Å². The molecule has 354 valence electrons. The molecule has 5 heterocycles. The number of fused-ring (bicyclic) bond motifs is 4. The lowest BCUT2D eigenvalue weighted by molar-refractivity contribution is -0.142. The largest absolute Gasteiger partial charge is 0.481 e. The summed E-state index contributed by atoms with van der Waals surface area (Å²) in [5.41, 5.74) is 12.9. The van der Waals surface area contributed by atoms with Crippen LogP contribution in [0.25, 0.3) is 0 Å². The molecule has 0 aliphatic carbocycles. The second-order valence-corrected chi connectivity index (χ2v) is 15.3. The minimum Gasteiger partial charge on any atom is -0.481 e. The molecule has 0 bridgehead atoms. The van der Waals surface area contributed by atoms with Gasteiger partial charge in [0.15, 0.2) is 17.3 Å². The molecule has 3 aliphatic heterocycles. The first-order valence-corrected chi connectivity index (χ1v) is 20.4. The van der Waals surface area contributed by atoms with Gasteiger partial charge in [-0.25, -0.2) is 9.59 Å². The van der Waals surface area contributed by atoms with E-state index in [2.05, 4.69) is 46.5 Å². The lowest BCUT2D eigenvalue weighted by Gasteiger charge is -2.35. The van der Waals surface area contributed by atoms with Crippen LogP contribution in [0.15, 0.2) is 58.1 Å². The lowest BCUT2D eigenvalue weighted by Crippen LogP contribution is -2.49. The van der Waals surface area contributed by atoms with Gasteiger partial charge in [0.1, 0.15) is 17.8 Å². The van der Waals surface area contributed by atoms with Crippen molar-refractivity contribution >= 4 is 88.3 Å². The van der Waals surface area contributed by atoms with Crippen LogP contribution >= 0.6 is 0 Å². The third-order valence-corrected chi connectivity index (χ3v) is 10.8. The van der Waals surface area contributed by atoms with Crippen LogP contribution in [-0.4, -0.2) is 139 Å². The summed E-state index contributed by atoms with van der Waals surface area (Å²) in [6, 6.07) is 9.97. The molecule has 4 atom stereocenters. The Labute approximate surface area is 378 Å². The van der Waals surface area contributed by atoms with Crippen molar-refractivity contribution in [3.05, 3.63) is 80.4 Å². The number of carboxylic acid groups (broad SMARTS) is 4. The van der Waals surface area contributed by atoms with Gasteiger partial charge in [-0.15, -0.1) is 0 Å². The van der Waals surface area contributed by atoms with E-state index >= 15 is 0 Å². The zero-order valence-electron chi connectivity index (χ0n) is 35.3. The van der Waals surface area contributed by atoms with Crippen LogP contribution < -0.4 is 63.9 Å². The van der Waals surface area contributed by atoms with Gasteiger partial charge >= 0.3 is 23.9 Å². The molecular formula is C40H47N15O12. The Bertz CT molecular complexity index is 2660. The fourth-order valence-electron chi connectivity index (χ4n) is 7.43. The summed E-state index contributed by atoms with van der Waals surface area (Å²) >= 11 is 0. The third kappa shape index (κ3) is 11.6. The van der Waals surface area contributed by atoms with Crippen LogP contribution in [0.5, 0.6) is 0 Å². The number of benzene rings is 2. The molecule has 2 amide bonds. The van der Waals surface area contributed by atoms with Crippen molar-refractivity contribution in [1.82, 2.24) is 30.6 Å². The number of nitrogens with two attached hydrogens (primary N) is 2. The van der Waals surface area contributed by atoms with Crippen molar-refractivity contribution in [2.45, 2.75) is 49.9 Å². The number of H-pyrrole nitrogens is 2. The van der Waals surface area contributed by atoms with Gasteiger partial charge in [0, 0.05) is 61.5 Å². The summed E-state index contributed by atoms with van der Waals surface area (Å²) in [6.07, 6.45) is -0.165. The average molecular weight is 930 g/mol. The fourth-order valence-corrected chi connectivity index (χ4v) is 7.43. The van der Waals surface area contributed by atoms with Crippen LogP contribution in [0.2, 0.25) is 0 Å². The zero-order chi connectivity index (χ0) is 48.5. The second-order valence-electron chi connectivity index (χ2n) is 15.3. The van der Waals surface area contributed by atoms with E-state index in [9.17, 15) is 48.6 Å². The Morgan fingerprint density at radius 2 is 1.24 bits per heavy atom. The number of carbonyl (C=O) groups excluding carboxylic acids is 2. The summed E-state index contributed by atoms with van der Waals surface area (Å²) in [7, 11) is 0. The minimum atomic E-state index is -1.32. The Balaban J connectivity index is 0.000000221. The van der Waals surface area contributed by atoms with Gasteiger partial charge in [0.2, 0.25) is 11.9 Å². The monoisotopic (exact) mass is 929 g/mol. The van der Waals surface area contributed by atoms with E-state index in [0.29, 0.717) is 55.9 Å². The SMILES string of the molecule is N=CN1c2c(nc(N)[nH]c2=O)NC[C@@H]1CNc1ccc(C(=O)N[C@@H](CCC(=O)O)C(=O)O)cc1.Nc1nc2c(c(=O)[nH]1)N1CN(c3ccc(C(=O)N[C@@H](CCC(=O)O)C(=O)O)cc3)C[C@H]1CN2. The van der Waals surface area contributed by atoms with Crippen LogP contribution in [0.1, 0.15) is 46.4 Å². The highest BCUT2D eigenvalue weighted by molar-refractivity contribution is 5.98. The number of nitrogens with zero attached hydrogens (tertiary/aromatic N) is 5. The number of amides is 2. The van der Waals surface area contributed by atoms with Crippen LogP contribution in [-0.2, 0) is 19.2 Å². The molecule has 7 rings (SSSR count). The Kier molecular flexibility index (Phi) is 14.7. The van der Waals surface area contributed by atoms with Gasteiger partial charge in [-0.05, 0) is 61.4 Å². The van der Waals surface area contributed by atoms with Crippen LogP contribution in [0.4, 0.5) is 46.3 Å². The molecule has 27 heteroatoms. The molecule has 27 nitrogen and oxygen atoms in total. The summed E-state index contributed by atoms with van der Waals surface area (Å²) in [6.45, 7) is 2.40. The minimum absolute atomic E-state index is 0.0292. The molecule has 2 aromatic carbocycles. The smallest absolute Gasteiger partial charge is 0.326 e. The van der Waals surface area contributed by atoms with E-state index in [1.54, 1.807) is 36.4 Å². The first-order valence-electron chi connectivity index (χ1n) is 20.4. The highest BCUT2D eigenvalue weighted by atomic mass is 16.4. The second kappa shape index (κ2) is 20.7. The molecule has 4 aromatic rings. The fraction of sp³-hybridized carbons (Fsp3) is 0.325. The van der Waals surface area contributed by atoms with Crippen molar-refractivity contribution in [1.29, 1.82) is 5.41 Å². The summed E-state index contributed by atoms with van der Waals surface area (Å²) in [5.74, 6) is -5.40. The van der Waals surface area contributed by atoms with E-state index < -0.39 is 53.3 Å². The van der Waals surface area contributed by atoms with Gasteiger partial charge in [-0.1, -0.05) is 0 Å². The quantitative estimate of drug-likeness (QED) is 0.0455. The first kappa shape index (κ1) is 47.6. The number of aromatic nitrogens is 4. The molecule has 0 radical (unpaired) electrons. The maximum atomic E-state index is 12.4. The van der Waals surface area contributed by atoms with Gasteiger partial charge in [0.05, 0.1) is 25.1 Å². The van der Waals surface area contributed by atoms with Gasteiger partial charge < -0.3 is 73.2 Å². The topological polar surface area (TPSA) is 421 Å². The first-order chi connectivity index (χ1) is 31.9. The number of hydrogen-bond acceptors (Lipinski definition) is 18. The number of nitrogen functional groups attached to an aromatic ring is 2. The highest BCUT2D eigenvalue weighted by Crippen LogP contribution is 2.32. The van der Waals surface area contributed by atoms with Gasteiger partial charge in [0.25, 0.3) is 22.9 Å². The molecule has 16 N–H and O–H groups in total. The lowest BCUT2D eigenvalue weighted by atomic mass is 10.1. The number of nitrogens with one attached hydrogen (secondary N) is 8. The molecule has 1 fully saturated rings. The van der Waals surface area contributed by atoms with Crippen molar-refractivity contribution in [3.8, 4) is 0 Å². The number of anilines is 8. The van der Waals surface area contributed by atoms with Crippen LogP contribution in [0.3, 0.4) is 0 Å². The zero-order valence-corrected chi connectivity index (χ0v) is 35.3. The summed E-state index contributed by atoms with van der Waals surface area (Å²) in [5, 5.41) is 57.6. The predicted octanol–water partition coefficient (Wildman–Crippen LogP) is -0.802. The Morgan fingerprint density at radius 1 is 0.746 bits per heavy atom. The van der Waals surface area contributed by atoms with E-state index in [4.69, 9.17) is 27.1 Å². The molecule has 2 aromatic heterocycles. The number of carbonyl (C=O) groups is 6. The van der Waals surface area contributed by atoms with Gasteiger partial charge in [-0.3, -0.25) is 44.1 Å². The maximum Gasteiger partial charge on any atom is 0.326 e. The number of aromatic amines is 2. The molecule has 3 aliphatic rings. The molecule has 0 saturated carbocycles. The average Bonchev–Trinajstić information content (AvgIpc) is 3.72. The number of rotatable bonds is 17. The molecule has 67 heavy (non-hydrogen) atoms. The standard InChI is InChI=1S/C20H24N8O6.C20H23N7O6/c21-9-28-12(8-24-16-15(28)18(32)27-20(22)26-16)7-23-11-3-1-10(2-4-11)17(31)25-13(19(33)34)5-6-14(29)30;21-20-24-16-15(18(31)25-20)27-9-26(8-12(27)7-22-16)11-3-1-10(2-4-11)17(30)23-13(19(32)33)5-6-14(28)29/h1-4,9,12-13,21,23H,5-8H2,(H,25,31)(H,29,30)(H,33,34)(H4,22,24,26,27,32);1-4,12-13H,5-9H2,(H,23,30)(H,28,29)(H,32,33)(H4,21,22,24,25,31)/t12-,13-;12-,13+/m01/s1. The number of carboxylic acids is 4. The number of hydrogen-bond donors (Lipinski definition) is 14. The maximum absolute atomic E-state index is 12.4. The predicted molar refractivity (Wildman–Crippen MR) is 242 cm³/mol. The van der Waals surface area contributed by atoms with E-state index in [1.807, 2.05) is 9.80 Å². The normalized spacial score (nSPS) is 16.4. The molecule has 1 saturated heterocycles. The van der Waals surface area contributed by atoms with Crippen molar-refractivity contribution in [3.63, 3.8) is 0 Å². The highest BCUT2D eigenvalue weighted by Gasteiger charge is 2.37. The Hall–Kier alpha value is -8.91. The van der Waals surface area contributed by atoms with Crippen molar-refractivity contribution in [2.75, 3.05) is 75.0 Å². The van der Waals surface area contributed by atoms with Gasteiger partial charge in [-0.2, -0.15) is 9.97 Å². The van der Waals surface area contributed by atoms with E-state index in [1.165, 1.54) is 17.0 Å².